The highest BCUT2D eigenvalue weighted by Gasteiger charge is 2.35. The Morgan fingerprint density at radius 3 is 2.41 bits per heavy atom. The van der Waals surface area contributed by atoms with E-state index >= 15 is 0 Å². The minimum atomic E-state index is -0.256. The minimum Gasteiger partial charge on any atom is -0.486 e. The van der Waals surface area contributed by atoms with Gasteiger partial charge in [-0.25, -0.2) is 10.9 Å². The number of hydrazine groups is 1. The first-order valence-electron chi connectivity index (χ1n) is 11.1. The molecule has 2 atom stereocenters. The van der Waals surface area contributed by atoms with Gasteiger partial charge in [-0.1, -0.05) is 28.1 Å². The van der Waals surface area contributed by atoms with Crippen molar-refractivity contribution >= 4 is 27.6 Å². The Balaban J connectivity index is 1.15. The molecule has 2 aromatic rings. The molecule has 0 bridgehead atoms. The van der Waals surface area contributed by atoms with Gasteiger partial charge in [0.1, 0.15) is 19.3 Å². The third-order valence-electron chi connectivity index (χ3n) is 6.48. The zero-order chi connectivity index (χ0) is 22.1. The highest BCUT2D eigenvalue weighted by Crippen LogP contribution is 2.33. The maximum Gasteiger partial charge on any atom is 0.241 e. The second-order valence-electron chi connectivity index (χ2n) is 8.50. The molecule has 0 radical (unpaired) electrons. The van der Waals surface area contributed by atoms with Crippen molar-refractivity contribution in [2.45, 2.75) is 31.3 Å². The molecule has 32 heavy (non-hydrogen) atoms. The van der Waals surface area contributed by atoms with Gasteiger partial charge in [0, 0.05) is 35.1 Å². The van der Waals surface area contributed by atoms with Crippen LogP contribution in [-0.2, 0) is 4.79 Å². The number of nitrogens with zero attached hydrogens (tertiary/aromatic N) is 1. The van der Waals surface area contributed by atoms with Crippen LogP contribution in [-0.4, -0.2) is 48.9 Å². The maximum atomic E-state index is 13.0. The van der Waals surface area contributed by atoms with Gasteiger partial charge in [0.05, 0.1) is 0 Å². The van der Waals surface area contributed by atoms with Gasteiger partial charge >= 0.3 is 0 Å². The molecule has 0 saturated carbocycles. The van der Waals surface area contributed by atoms with Gasteiger partial charge in [0.2, 0.25) is 5.91 Å². The molecule has 3 aliphatic rings. The zero-order valence-electron chi connectivity index (χ0n) is 17.7. The quantitative estimate of drug-likeness (QED) is 0.628. The van der Waals surface area contributed by atoms with Crippen LogP contribution >= 0.6 is 15.9 Å². The van der Waals surface area contributed by atoms with Gasteiger partial charge in [-0.3, -0.25) is 9.59 Å². The SMILES string of the molecule is O=C(c1ccc2c(c1)OCCO2)C1CCN(C(=O)C2CC(c3ccc(Br)cc3)NN2)CC1. The first-order valence-corrected chi connectivity index (χ1v) is 11.9. The second-order valence-corrected chi connectivity index (χ2v) is 9.42. The van der Waals surface area contributed by atoms with E-state index in [1.54, 1.807) is 12.1 Å². The summed E-state index contributed by atoms with van der Waals surface area (Å²) in [5.41, 5.74) is 8.21. The molecule has 2 aromatic carbocycles. The summed E-state index contributed by atoms with van der Waals surface area (Å²) < 4.78 is 12.2. The molecule has 7 nitrogen and oxygen atoms in total. The van der Waals surface area contributed by atoms with Crippen molar-refractivity contribution in [3.8, 4) is 11.5 Å². The molecule has 2 saturated heterocycles. The van der Waals surface area contributed by atoms with Gasteiger partial charge in [-0.05, 0) is 55.2 Å². The van der Waals surface area contributed by atoms with Gasteiger partial charge in [0.15, 0.2) is 17.3 Å². The number of rotatable bonds is 4. The van der Waals surface area contributed by atoms with Gasteiger partial charge in [0.25, 0.3) is 0 Å². The zero-order valence-corrected chi connectivity index (χ0v) is 19.3. The predicted octanol–water partition coefficient (Wildman–Crippen LogP) is 3.25. The third-order valence-corrected chi connectivity index (χ3v) is 7.01. The van der Waals surface area contributed by atoms with E-state index in [1.165, 1.54) is 0 Å². The molecule has 3 aliphatic heterocycles. The number of piperidine rings is 1. The summed E-state index contributed by atoms with van der Waals surface area (Å²) in [7, 11) is 0. The van der Waals surface area contributed by atoms with Gasteiger partial charge < -0.3 is 14.4 Å². The van der Waals surface area contributed by atoms with Crippen molar-refractivity contribution in [1.29, 1.82) is 0 Å². The highest BCUT2D eigenvalue weighted by atomic mass is 79.9. The highest BCUT2D eigenvalue weighted by molar-refractivity contribution is 9.10. The van der Waals surface area contributed by atoms with Crippen LogP contribution < -0.4 is 20.3 Å². The van der Waals surface area contributed by atoms with Crippen LogP contribution in [0.15, 0.2) is 46.9 Å². The number of amides is 1. The number of ether oxygens (including phenoxy) is 2. The van der Waals surface area contributed by atoms with Crippen LogP contribution in [0.2, 0.25) is 0 Å². The number of hydrogen-bond donors (Lipinski definition) is 2. The van der Waals surface area contributed by atoms with E-state index in [2.05, 4.69) is 38.9 Å². The topological polar surface area (TPSA) is 79.9 Å². The molecule has 168 valence electrons. The van der Waals surface area contributed by atoms with Crippen molar-refractivity contribution in [2.75, 3.05) is 26.3 Å². The Labute approximate surface area is 195 Å². The molecule has 2 N–H and O–H groups in total. The van der Waals surface area contributed by atoms with E-state index < -0.39 is 0 Å². The second kappa shape index (κ2) is 9.21. The summed E-state index contributed by atoms with van der Waals surface area (Å²) in [6.07, 6.45) is 2.06. The molecule has 0 aliphatic carbocycles. The summed E-state index contributed by atoms with van der Waals surface area (Å²) in [6, 6.07) is 13.4. The normalized spacial score (nSPS) is 23.2. The molecule has 5 rings (SSSR count). The van der Waals surface area contributed by atoms with Crippen molar-refractivity contribution in [2.24, 2.45) is 5.92 Å². The van der Waals surface area contributed by atoms with Crippen LogP contribution in [0, 0.1) is 5.92 Å². The monoisotopic (exact) mass is 499 g/mol. The Morgan fingerprint density at radius 1 is 0.938 bits per heavy atom. The number of hydrogen-bond acceptors (Lipinski definition) is 6. The number of likely N-dealkylation sites (tertiary alicyclic amines) is 1. The lowest BCUT2D eigenvalue weighted by Crippen LogP contribution is -2.49. The lowest BCUT2D eigenvalue weighted by molar-refractivity contribution is -0.134. The average Bonchev–Trinajstić information content (AvgIpc) is 3.34. The van der Waals surface area contributed by atoms with Crippen LogP contribution in [0.4, 0.5) is 0 Å². The van der Waals surface area contributed by atoms with Crippen molar-refractivity contribution in [3.05, 3.63) is 58.1 Å². The largest absolute Gasteiger partial charge is 0.486 e. The lowest BCUT2D eigenvalue weighted by Gasteiger charge is -2.33. The summed E-state index contributed by atoms with van der Waals surface area (Å²) in [5.74, 6) is 1.46. The first-order chi connectivity index (χ1) is 15.6. The number of halogens is 1. The van der Waals surface area contributed by atoms with Crippen LogP contribution in [0.1, 0.15) is 41.2 Å². The molecule has 2 unspecified atom stereocenters. The van der Waals surface area contributed by atoms with Gasteiger partial charge in [-0.2, -0.15) is 0 Å². The van der Waals surface area contributed by atoms with Crippen LogP contribution in [0.25, 0.3) is 0 Å². The Morgan fingerprint density at radius 2 is 1.66 bits per heavy atom. The predicted molar refractivity (Wildman–Crippen MR) is 123 cm³/mol. The molecular formula is C24H26BrN3O4. The fourth-order valence-electron chi connectivity index (χ4n) is 4.65. The average molecular weight is 500 g/mol. The number of carbonyl (C=O) groups excluding carboxylic acids is 2. The van der Waals surface area contributed by atoms with E-state index in [0.29, 0.717) is 62.6 Å². The lowest BCUT2D eigenvalue weighted by atomic mass is 9.88. The van der Waals surface area contributed by atoms with Crippen molar-refractivity contribution in [1.82, 2.24) is 15.8 Å². The van der Waals surface area contributed by atoms with E-state index in [0.717, 1.165) is 10.0 Å². The molecule has 0 aromatic heterocycles. The Bertz CT molecular complexity index is 1000. The van der Waals surface area contributed by atoms with Crippen molar-refractivity contribution in [3.63, 3.8) is 0 Å². The summed E-state index contributed by atoms with van der Waals surface area (Å²) >= 11 is 3.45. The van der Waals surface area contributed by atoms with Crippen LogP contribution in [0.5, 0.6) is 11.5 Å². The minimum absolute atomic E-state index is 0.0771. The standard InChI is InChI=1S/C24H26BrN3O4/c25-18-4-1-15(2-5-18)19-14-20(27-26-19)24(30)28-9-7-16(8-10-28)23(29)17-3-6-21-22(13-17)32-12-11-31-21/h1-6,13,16,19-20,26-27H,7-12,14H2. The molecular weight excluding hydrogens is 474 g/mol. The van der Waals surface area contributed by atoms with E-state index in [-0.39, 0.29) is 29.7 Å². The number of carbonyl (C=O) groups is 2. The molecule has 2 fully saturated rings. The molecule has 8 heteroatoms. The van der Waals surface area contributed by atoms with E-state index in [1.807, 2.05) is 23.1 Å². The smallest absolute Gasteiger partial charge is 0.241 e. The molecule has 0 spiro atoms. The maximum absolute atomic E-state index is 13.0. The van der Waals surface area contributed by atoms with Crippen LogP contribution in [0.3, 0.4) is 0 Å². The molecule has 1 amide bonds. The fourth-order valence-corrected chi connectivity index (χ4v) is 4.91. The Hall–Kier alpha value is -2.42. The van der Waals surface area contributed by atoms with Gasteiger partial charge in [-0.15, -0.1) is 0 Å². The number of Topliss-reactive ketones (excluding diaryl/α,β-unsaturated/α-hetero) is 1. The van der Waals surface area contributed by atoms with E-state index in [9.17, 15) is 9.59 Å². The van der Waals surface area contributed by atoms with Crippen molar-refractivity contribution < 1.29 is 19.1 Å². The molecule has 3 heterocycles. The fraction of sp³-hybridized carbons (Fsp3) is 0.417. The summed E-state index contributed by atoms with van der Waals surface area (Å²) in [6.45, 7) is 2.22. The summed E-state index contributed by atoms with van der Waals surface area (Å²) in [4.78, 5) is 27.9. The number of ketones is 1. The first kappa shape index (κ1) is 21.4. The summed E-state index contributed by atoms with van der Waals surface area (Å²) in [5, 5.41) is 0. The number of benzene rings is 2. The number of fused-ring (bicyclic) bond motifs is 1. The third kappa shape index (κ3) is 4.40. The number of nitrogens with one attached hydrogen (secondary N) is 2. The van der Waals surface area contributed by atoms with E-state index in [4.69, 9.17) is 9.47 Å². The Kier molecular flexibility index (Phi) is 6.17.